The molecule has 1 saturated heterocycles. The topological polar surface area (TPSA) is 58.3 Å². The first-order valence-electron chi connectivity index (χ1n) is 6.56. The molecule has 0 saturated carbocycles. The van der Waals surface area contributed by atoms with Crippen molar-refractivity contribution in [2.45, 2.75) is 0 Å². The van der Waals surface area contributed by atoms with Crippen LogP contribution in [-0.4, -0.2) is 36.1 Å². The maximum Gasteiger partial charge on any atom is 0.151 e. The molecule has 20 heavy (non-hydrogen) atoms. The van der Waals surface area contributed by atoms with E-state index in [9.17, 15) is 0 Å². The molecule has 0 bridgehead atoms. The van der Waals surface area contributed by atoms with Crippen LogP contribution >= 0.6 is 15.9 Å². The number of aromatic nitrogens is 2. The van der Waals surface area contributed by atoms with Crippen molar-refractivity contribution in [2.24, 2.45) is 0 Å². The summed E-state index contributed by atoms with van der Waals surface area (Å²) in [5.74, 6) is 1.90. The van der Waals surface area contributed by atoms with E-state index in [0.29, 0.717) is 5.69 Å². The Labute approximate surface area is 126 Å². The summed E-state index contributed by atoms with van der Waals surface area (Å²) in [5, 5.41) is 0. The van der Waals surface area contributed by atoms with Crippen LogP contribution in [0.5, 0.6) is 0 Å². The molecule has 6 heteroatoms. The molecule has 1 fully saturated rings. The number of nitrogens with zero attached hydrogens (tertiary/aromatic N) is 4. The minimum Gasteiger partial charge on any atom is -0.396 e. The molecule has 2 aromatic heterocycles. The quantitative estimate of drug-likeness (QED) is 0.912. The summed E-state index contributed by atoms with van der Waals surface area (Å²) >= 11 is 3.38. The van der Waals surface area contributed by atoms with E-state index in [1.807, 2.05) is 30.5 Å². The molecule has 1 aliphatic heterocycles. The van der Waals surface area contributed by atoms with Crippen LogP contribution in [0.4, 0.5) is 17.3 Å². The molecule has 2 N–H and O–H groups in total. The maximum atomic E-state index is 6.04. The van der Waals surface area contributed by atoms with Crippen LogP contribution < -0.4 is 15.5 Å². The molecular weight excluding hydrogens is 318 g/mol. The van der Waals surface area contributed by atoms with E-state index in [1.165, 1.54) is 0 Å². The molecule has 0 aromatic carbocycles. The molecular formula is C14H16BrN5. The molecule has 104 valence electrons. The van der Waals surface area contributed by atoms with Gasteiger partial charge >= 0.3 is 0 Å². The second-order valence-electron chi connectivity index (χ2n) is 4.73. The van der Waals surface area contributed by atoms with E-state index in [1.54, 1.807) is 6.20 Å². The summed E-state index contributed by atoms with van der Waals surface area (Å²) in [5.41, 5.74) is 6.75. The standard InChI is InChI=1S/C14H16BrN5/c15-11-9-12(16)14(18-10-11)20-7-5-19(6-8-20)13-3-1-2-4-17-13/h1-4,9-10H,5-8,16H2. The van der Waals surface area contributed by atoms with Crippen molar-refractivity contribution in [1.29, 1.82) is 0 Å². The molecule has 3 rings (SSSR count). The van der Waals surface area contributed by atoms with E-state index in [4.69, 9.17) is 5.73 Å². The first kappa shape index (κ1) is 13.2. The average molecular weight is 334 g/mol. The molecule has 5 nitrogen and oxygen atoms in total. The molecule has 1 aliphatic rings. The molecule has 0 radical (unpaired) electrons. The third-order valence-electron chi connectivity index (χ3n) is 3.41. The third-order valence-corrected chi connectivity index (χ3v) is 3.85. The number of piperazine rings is 1. The molecule has 0 unspecified atom stereocenters. The lowest BCUT2D eigenvalue weighted by Gasteiger charge is -2.36. The average Bonchev–Trinajstić information content (AvgIpc) is 2.48. The molecule has 0 atom stereocenters. The van der Waals surface area contributed by atoms with Gasteiger partial charge in [-0.3, -0.25) is 0 Å². The summed E-state index contributed by atoms with van der Waals surface area (Å²) in [6.45, 7) is 3.65. The first-order chi connectivity index (χ1) is 9.74. The Bertz CT molecular complexity index is 581. The highest BCUT2D eigenvalue weighted by Gasteiger charge is 2.20. The fourth-order valence-corrected chi connectivity index (χ4v) is 2.75. The molecule has 2 aromatic rings. The Morgan fingerprint density at radius 3 is 2.45 bits per heavy atom. The van der Waals surface area contributed by atoms with Crippen LogP contribution in [0.1, 0.15) is 0 Å². The summed E-state index contributed by atoms with van der Waals surface area (Å²) in [7, 11) is 0. The predicted octanol–water partition coefficient (Wildman–Crippen LogP) is 2.15. The van der Waals surface area contributed by atoms with Gasteiger partial charge in [-0.05, 0) is 34.1 Å². The van der Waals surface area contributed by atoms with Gasteiger partial charge in [0.2, 0.25) is 0 Å². The van der Waals surface area contributed by atoms with Crippen LogP contribution in [0.25, 0.3) is 0 Å². The van der Waals surface area contributed by atoms with E-state index < -0.39 is 0 Å². The number of halogens is 1. The lowest BCUT2D eigenvalue weighted by molar-refractivity contribution is 0.642. The van der Waals surface area contributed by atoms with Gasteiger partial charge in [-0.2, -0.15) is 0 Å². The molecule has 0 amide bonds. The molecule has 3 heterocycles. The normalized spacial score (nSPS) is 15.4. The van der Waals surface area contributed by atoms with Gasteiger partial charge < -0.3 is 15.5 Å². The van der Waals surface area contributed by atoms with E-state index in [-0.39, 0.29) is 0 Å². The molecule has 0 aliphatic carbocycles. The zero-order valence-electron chi connectivity index (χ0n) is 11.0. The van der Waals surface area contributed by atoms with Crippen molar-refractivity contribution in [3.05, 3.63) is 41.1 Å². The van der Waals surface area contributed by atoms with Crippen molar-refractivity contribution in [2.75, 3.05) is 41.7 Å². The summed E-state index contributed by atoms with van der Waals surface area (Å²) in [6.07, 6.45) is 3.62. The largest absolute Gasteiger partial charge is 0.396 e. The van der Waals surface area contributed by atoms with Crippen molar-refractivity contribution in [1.82, 2.24) is 9.97 Å². The minimum absolute atomic E-state index is 0.714. The zero-order valence-corrected chi connectivity index (χ0v) is 12.6. The van der Waals surface area contributed by atoms with Crippen LogP contribution in [0.15, 0.2) is 41.1 Å². The van der Waals surface area contributed by atoms with Crippen LogP contribution in [0.2, 0.25) is 0 Å². The first-order valence-corrected chi connectivity index (χ1v) is 7.35. The van der Waals surface area contributed by atoms with Crippen LogP contribution in [0, 0.1) is 0 Å². The number of pyridine rings is 2. The Morgan fingerprint density at radius 2 is 1.80 bits per heavy atom. The molecule has 0 spiro atoms. The third kappa shape index (κ3) is 2.70. The smallest absolute Gasteiger partial charge is 0.151 e. The number of nitrogens with two attached hydrogens (primary N) is 1. The fraction of sp³-hybridized carbons (Fsp3) is 0.286. The zero-order chi connectivity index (χ0) is 13.9. The Morgan fingerprint density at radius 1 is 1.05 bits per heavy atom. The van der Waals surface area contributed by atoms with Gasteiger partial charge in [0.1, 0.15) is 5.82 Å². The maximum absolute atomic E-state index is 6.04. The second-order valence-corrected chi connectivity index (χ2v) is 5.64. The van der Waals surface area contributed by atoms with Crippen molar-refractivity contribution < 1.29 is 0 Å². The number of hydrogen-bond acceptors (Lipinski definition) is 5. The van der Waals surface area contributed by atoms with E-state index in [0.717, 1.165) is 42.3 Å². The van der Waals surface area contributed by atoms with Gasteiger partial charge in [0.25, 0.3) is 0 Å². The number of anilines is 3. The van der Waals surface area contributed by atoms with Gasteiger partial charge in [0.05, 0.1) is 5.69 Å². The number of rotatable bonds is 2. The van der Waals surface area contributed by atoms with Gasteiger partial charge in [0.15, 0.2) is 5.82 Å². The lowest BCUT2D eigenvalue weighted by atomic mass is 10.2. The second kappa shape index (κ2) is 5.66. The fourth-order valence-electron chi connectivity index (χ4n) is 2.40. The van der Waals surface area contributed by atoms with Crippen molar-refractivity contribution in [3.8, 4) is 0 Å². The SMILES string of the molecule is Nc1cc(Br)cnc1N1CCN(c2ccccn2)CC1. The highest BCUT2D eigenvalue weighted by Crippen LogP contribution is 2.25. The number of nitrogen functional groups attached to an aromatic ring is 1. The highest BCUT2D eigenvalue weighted by molar-refractivity contribution is 9.10. The Balaban J connectivity index is 1.69. The van der Waals surface area contributed by atoms with Gasteiger partial charge in [0, 0.05) is 43.0 Å². The monoisotopic (exact) mass is 333 g/mol. The van der Waals surface area contributed by atoms with Gasteiger partial charge in [-0.15, -0.1) is 0 Å². The predicted molar refractivity (Wildman–Crippen MR) is 85.0 cm³/mol. The van der Waals surface area contributed by atoms with Crippen molar-refractivity contribution >= 4 is 33.3 Å². The van der Waals surface area contributed by atoms with Crippen molar-refractivity contribution in [3.63, 3.8) is 0 Å². The van der Waals surface area contributed by atoms with Crippen LogP contribution in [0.3, 0.4) is 0 Å². The number of hydrogen-bond donors (Lipinski definition) is 1. The van der Waals surface area contributed by atoms with E-state index >= 15 is 0 Å². The summed E-state index contributed by atoms with van der Waals surface area (Å²) in [4.78, 5) is 13.3. The van der Waals surface area contributed by atoms with E-state index in [2.05, 4.69) is 35.7 Å². The van der Waals surface area contributed by atoms with Crippen LogP contribution in [-0.2, 0) is 0 Å². The van der Waals surface area contributed by atoms with Gasteiger partial charge in [-0.1, -0.05) is 6.07 Å². The van der Waals surface area contributed by atoms with Gasteiger partial charge in [-0.25, -0.2) is 9.97 Å². The minimum atomic E-state index is 0.714. The Kier molecular flexibility index (Phi) is 3.73. The lowest BCUT2D eigenvalue weighted by Crippen LogP contribution is -2.47. The summed E-state index contributed by atoms with van der Waals surface area (Å²) in [6, 6.07) is 7.89. The summed E-state index contributed by atoms with van der Waals surface area (Å²) < 4.78 is 0.908. The Hall–Kier alpha value is -1.82. The highest BCUT2D eigenvalue weighted by atomic mass is 79.9.